The summed E-state index contributed by atoms with van der Waals surface area (Å²) in [6.07, 6.45) is 2.27. The normalized spacial score (nSPS) is 11.6. The van der Waals surface area contributed by atoms with Crippen molar-refractivity contribution in [2.45, 2.75) is 0 Å². The van der Waals surface area contributed by atoms with E-state index in [1.165, 1.54) is 47.9 Å². The van der Waals surface area contributed by atoms with Crippen molar-refractivity contribution in [1.82, 2.24) is 4.57 Å². The second-order valence-corrected chi connectivity index (χ2v) is 8.16. The summed E-state index contributed by atoms with van der Waals surface area (Å²) in [4.78, 5) is 0. The highest BCUT2D eigenvalue weighted by Gasteiger charge is 2.13. The van der Waals surface area contributed by atoms with Crippen LogP contribution in [0.15, 0.2) is 103 Å². The standard InChI is InChI=1S/C26H17NS/c1-2-8-19(9-3-1)27-17-23(20-10-4-6-12-24(20)27)18-14-15-26-22(16-18)21-11-5-7-13-25(21)28-26/h1-17H. The van der Waals surface area contributed by atoms with Crippen LogP contribution in [0.5, 0.6) is 0 Å². The third-order valence-electron chi connectivity index (χ3n) is 5.43. The van der Waals surface area contributed by atoms with Crippen molar-refractivity contribution in [2.75, 3.05) is 0 Å². The zero-order valence-corrected chi connectivity index (χ0v) is 16.0. The molecule has 0 fully saturated rings. The molecule has 2 heterocycles. The second kappa shape index (κ2) is 6.08. The van der Waals surface area contributed by atoms with E-state index in [9.17, 15) is 0 Å². The molecule has 0 aliphatic carbocycles. The Bertz CT molecular complexity index is 1450. The lowest BCUT2D eigenvalue weighted by molar-refractivity contribution is 1.13. The van der Waals surface area contributed by atoms with Gasteiger partial charge in [-0.05, 0) is 42.0 Å². The number of rotatable bonds is 2. The molecule has 132 valence electrons. The molecule has 0 unspecified atom stereocenters. The molecule has 0 saturated heterocycles. The lowest BCUT2D eigenvalue weighted by Crippen LogP contribution is -1.90. The van der Waals surface area contributed by atoms with E-state index in [0.717, 1.165) is 0 Å². The van der Waals surface area contributed by atoms with Gasteiger partial charge in [0.25, 0.3) is 0 Å². The molecule has 0 spiro atoms. The minimum absolute atomic E-state index is 1.19. The van der Waals surface area contributed by atoms with Crippen molar-refractivity contribution in [1.29, 1.82) is 0 Å². The first-order valence-corrected chi connectivity index (χ1v) is 10.3. The van der Waals surface area contributed by atoms with Gasteiger partial charge >= 0.3 is 0 Å². The van der Waals surface area contributed by atoms with Crippen molar-refractivity contribution < 1.29 is 0 Å². The molecule has 0 amide bonds. The molecule has 0 aliphatic rings. The van der Waals surface area contributed by atoms with Crippen molar-refractivity contribution in [3.63, 3.8) is 0 Å². The summed E-state index contributed by atoms with van der Waals surface area (Å²) in [6, 6.07) is 34.8. The van der Waals surface area contributed by atoms with Crippen molar-refractivity contribution in [3.8, 4) is 16.8 Å². The van der Waals surface area contributed by atoms with Gasteiger partial charge in [0.1, 0.15) is 0 Å². The molecule has 6 rings (SSSR count). The maximum atomic E-state index is 2.35. The topological polar surface area (TPSA) is 4.93 Å². The van der Waals surface area contributed by atoms with Crippen LogP contribution >= 0.6 is 11.3 Å². The Morgan fingerprint density at radius 3 is 2.18 bits per heavy atom. The van der Waals surface area contributed by atoms with Crippen molar-refractivity contribution in [3.05, 3.63) is 103 Å². The lowest BCUT2D eigenvalue weighted by atomic mass is 10.0. The average molecular weight is 375 g/mol. The van der Waals surface area contributed by atoms with Crippen LogP contribution in [0.2, 0.25) is 0 Å². The monoisotopic (exact) mass is 375 g/mol. The molecule has 2 aromatic heterocycles. The Kier molecular flexibility index (Phi) is 3.40. The molecule has 1 nitrogen and oxygen atoms in total. The Labute approximate surface area is 167 Å². The van der Waals surface area contributed by atoms with Gasteiger partial charge in [-0.3, -0.25) is 0 Å². The highest BCUT2D eigenvalue weighted by molar-refractivity contribution is 7.25. The Balaban J connectivity index is 1.63. The number of thiophene rings is 1. The van der Waals surface area contributed by atoms with E-state index >= 15 is 0 Å². The molecular formula is C26H17NS. The molecule has 0 radical (unpaired) electrons. The van der Waals surface area contributed by atoms with Crippen molar-refractivity contribution >= 4 is 42.4 Å². The molecular weight excluding hydrogens is 358 g/mol. The van der Waals surface area contributed by atoms with E-state index in [1.807, 2.05) is 11.3 Å². The number of benzene rings is 4. The summed E-state index contributed by atoms with van der Waals surface area (Å²) in [7, 11) is 0. The summed E-state index contributed by atoms with van der Waals surface area (Å²) < 4.78 is 4.98. The van der Waals surface area contributed by atoms with Crippen LogP contribution in [0, 0.1) is 0 Å². The van der Waals surface area contributed by atoms with Gasteiger partial charge in [0.05, 0.1) is 5.52 Å². The van der Waals surface area contributed by atoms with Gasteiger partial charge in [0.2, 0.25) is 0 Å². The fourth-order valence-corrected chi connectivity index (χ4v) is 5.19. The van der Waals surface area contributed by atoms with Crippen LogP contribution in [0.4, 0.5) is 0 Å². The van der Waals surface area contributed by atoms with Crippen LogP contribution < -0.4 is 0 Å². The molecule has 0 atom stereocenters. The van der Waals surface area contributed by atoms with Gasteiger partial charge in [0.15, 0.2) is 0 Å². The summed E-state index contributed by atoms with van der Waals surface area (Å²) >= 11 is 1.87. The quantitative estimate of drug-likeness (QED) is 0.293. The Morgan fingerprint density at radius 1 is 0.571 bits per heavy atom. The van der Waals surface area contributed by atoms with Crippen LogP contribution in [-0.2, 0) is 0 Å². The van der Waals surface area contributed by atoms with Gasteiger partial charge in [0, 0.05) is 43.0 Å². The van der Waals surface area contributed by atoms with E-state index in [-0.39, 0.29) is 0 Å². The number of fused-ring (bicyclic) bond motifs is 4. The molecule has 6 aromatic rings. The summed E-state index contributed by atoms with van der Waals surface area (Å²) in [5.74, 6) is 0. The SMILES string of the molecule is c1ccc(-n2cc(-c3ccc4sc5ccccc5c4c3)c3ccccc32)cc1. The number of hydrogen-bond donors (Lipinski definition) is 0. The molecule has 0 saturated carbocycles. The minimum atomic E-state index is 1.19. The zero-order valence-electron chi connectivity index (χ0n) is 15.2. The zero-order chi connectivity index (χ0) is 18.5. The molecule has 4 aromatic carbocycles. The summed E-state index contributed by atoms with van der Waals surface area (Å²) in [6.45, 7) is 0. The maximum absolute atomic E-state index is 2.35. The highest BCUT2D eigenvalue weighted by atomic mass is 32.1. The van der Waals surface area contributed by atoms with Gasteiger partial charge in [-0.2, -0.15) is 0 Å². The van der Waals surface area contributed by atoms with Gasteiger partial charge in [-0.25, -0.2) is 0 Å². The second-order valence-electron chi connectivity index (χ2n) is 7.07. The number of hydrogen-bond acceptors (Lipinski definition) is 1. The average Bonchev–Trinajstić information content (AvgIpc) is 3.33. The van der Waals surface area contributed by atoms with E-state index in [0.29, 0.717) is 0 Å². The Hall–Kier alpha value is -3.36. The first-order chi connectivity index (χ1) is 13.9. The van der Waals surface area contributed by atoms with Crippen LogP contribution in [0.25, 0.3) is 47.9 Å². The molecule has 0 N–H and O–H groups in total. The van der Waals surface area contributed by atoms with E-state index in [2.05, 4.69) is 108 Å². The molecule has 2 heteroatoms. The third kappa shape index (κ3) is 2.32. The number of para-hydroxylation sites is 2. The fraction of sp³-hybridized carbons (Fsp3) is 0. The minimum Gasteiger partial charge on any atom is -0.316 e. The first-order valence-electron chi connectivity index (χ1n) is 9.46. The largest absolute Gasteiger partial charge is 0.316 e. The van der Waals surface area contributed by atoms with Gasteiger partial charge < -0.3 is 4.57 Å². The van der Waals surface area contributed by atoms with Crippen molar-refractivity contribution in [2.24, 2.45) is 0 Å². The molecule has 28 heavy (non-hydrogen) atoms. The van der Waals surface area contributed by atoms with Gasteiger partial charge in [-0.1, -0.05) is 60.7 Å². The van der Waals surface area contributed by atoms with E-state index in [1.54, 1.807) is 0 Å². The third-order valence-corrected chi connectivity index (χ3v) is 6.59. The van der Waals surface area contributed by atoms with Crippen LogP contribution in [0.3, 0.4) is 0 Å². The van der Waals surface area contributed by atoms with E-state index < -0.39 is 0 Å². The smallest absolute Gasteiger partial charge is 0.0534 e. The van der Waals surface area contributed by atoms with Crippen LogP contribution in [0.1, 0.15) is 0 Å². The number of aromatic nitrogens is 1. The van der Waals surface area contributed by atoms with E-state index in [4.69, 9.17) is 0 Å². The predicted octanol–water partition coefficient (Wildman–Crippen LogP) is 7.67. The summed E-state index contributed by atoms with van der Waals surface area (Å²) in [5.41, 5.74) is 4.96. The lowest BCUT2D eigenvalue weighted by Gasteiger charge is -2.04. The molecule has 0 aliphatic heterocycles. The fourth-order valence-electron chi connectivity index (χ4n) is 4.11. The van der Waals surface area contributed by atoms with Gasteiger partial charge in [-0.15, -0.1) is 11.3 Å². The predicted molar refractivity (Wildman–Crippen MR) is 122 cm³/mol. The highest BCUT2D eigenvalue weighted by Crippen LogP contribution is 2.38. The maximum Gasteiger partial charge on any atom is 0.0534 e. The summed E-state index contributed by atoms with van der Waals surface area (Å²) in [5, 5.41) is 3.97. The molecule has 0 bridgehead atoms. The Morgan fingerprint density at radius 2 is 1.29 bits per heavy atom. The number of nitrogens with zero attached hydrogens (tertiary/aromatic N) is 1. The van der Waals surface area contributed by atoms with Crippen LogP contribution in [-0.4, -0.2) is 4.57 Å². The first kappa shape index (κ1) is 15.7.